The third kappa shape index (κ3) is 3.54. The molecule has 0 radical (unpaired) electrons. The van der Waals surface area contributed by atoms with E-state index in [-0.39, 0.29) is 16.5 Å². The number of halogens is 1. The monoisotopic (exact) mass is 445 g/mol. The number of nitrogens with one attached hydrogen (secondary N) is 1. The van der Waals surface area contributed by atoms with Crippen LogP contribution >= 0.6 is 11.3 Å². The van der Waals surface area contributed by atoms with Crippen molar-refractivity contribution >= 4 is 33.6 Å². The van der Waals surface area contributed by atoms with Gasteiger partial charge in [-0.1, -0.05) is 53.8 Å². The first-order valence-electron chi connectivity index (χ1n) is 9.80. The van der Waals surface area contributed by atoms with Gasteiger partial charge >= 0.3 is 5.97 Å². The number of carbonyl (C=O) groups is 2. The van der Waals surface area contributed by atoms with E-state index in [2.05, 4.69) is 34.6 Å². The number of pyridine rings is 1. The summed E-state index contributed by atoms with van der Waals surface area (Å²) >= 11 is 1.28. The molecule has 0 spiro atoms. The predicted molar refractivity (Wildman–Crippen MR) is 119 cm³/mol. The topological polar surface area (TPSA) is 92.2 Å². The van der Waals surface area contributed by atoms with Crippen molar-refractivity contribution in [2.75, 3.05) is 6.54 Å². The summed E-state index contributed by atoms with van der Waals surface area (Å²) in [4.78, 5) is 32.6. The highest BCUT2D eigenvalue weighted by molar-refractivity contribution is 7.21. The van der Waals surface area contributed by atoms with Crippen LogP contribution in [-0.2, 0) is 10.2 Å². The maximum Gasteiger partial charge on any atom is 0.322 e. The molecule has 4 aromatic rings. The molecule has 0 atom stereocenters. The van der Waals surface area contributed by atoms with E-state index in [0.717, 1.165) is 17.3 Å². The quantitative estimate of drug-likeness (QED) is 0.435. The van der Waals surface area contributed by atoms with Gasteiger partial charge in [0.2, 0.25) is 0 Å². The van der Waals surface area contributed by atoms with Crippen molar-refractivity contribution in [3.63, 3.8) is 0 Å². The fraction of sp³-hybridized carbons (Fsp3) is 0.0833. The number of allylic oxidation sites excluding steroid dienone is 2. The smallest absolute Gasteiger partial charge is 0.322 e. The van der Waals surface area contributed by atoms with E-state index in [1.54, 1.807) is 0 Å². The maximum atomic E-state index is 14.8. The molecule has 5 rings (SSSR count). The van der Waals surface area contributed by atoms with Gasteiger partial charge in [-0.3, -0.25) is 9.59 Å². The molecule has 32 heavy (non-hydrogen) atoms. The lowest BCUT2D eigenvalue weighted by molar-refractivity contribution is -0.135. The summed E-state index contributed by atoms with van der Waals surface area (Å²) in [6.07, 6.45) is 4.21. The van der Waals surface area contributed by atoms with Crippen molar-refractivity contribution in [2.45, 2.75) is 5.41 Å². The normalized spacial score (nSPS) is 13.8. The molecule has 6 nitrogen and oxygen atoms in total. The lowest BCUT2D eigenvalue weighted by Gasteiger charge is -2.15. The molecule has 0 unspecified atom stereocenters. The number of fused-ring (bicyclic) bond motifs is 1. The average Bonchev–Trinajstić information content (AvgIpc) is 3.50. The van der Waals surface area contributed by atoms with Crippen LogP contribution in [0, 0.1) is 5.82 Å². The van der Waals surface area contributed by atoms with Gasteiger partial charge in [0, 0.05) is 11.1 Å². The summed E-state index contributed by atoms with van der Waals surface area (Å²) in [5.41, 5.74) is 2.68. The lowest BCUT2D eigenvalue weighted by atomic mass is 9.89. The zero-order valence-electron chi connectivity index (χ0n) is 16.6. The van der Waals surface area contributed by atoms with Gasteiger partial charge < -0.3 is 10.4 Å². The van der Waals surface area contributed by atoms with E-state index in [9.17, 15) is 14.0 Å². The van der Waals surface area contributed by atoms with Crippen LogP contribution in [0.1, 0.15) is 21.6 Å². The third-order valence-corrected chi connectivity index (χ3v) is 6.29. The molecule has 0 saturated carbocycles. The summed E-state index contributed by atoms with van der Waals surface area (Å²) in [7, 11) is 0. The molecule has 0 aliphatic heterocycles. The number of hydrogen-bond donors (Lipinski definition) is 2. The average molecular weight is 445 g/mol. The third-order valence-electron chi connectivity index (χ3n) is 5.29. The van der Waals surface area contributed by atoms with Crippen LogP contribution in [0.25, 0.3) is 20.9 Å². The first-order chi connectivity index (χ1) is 15.5. The van der Waals surface area contributed by atoms with E-state index in [0.29, 0.717) is 15.4 Å². The minimum atomic E-state index is -1.17. The number of aromatic nitrogens is 2. The molecule has 158 valence electrons. The first-order valence-corrected chi connectivity index (χ1v) is 10.6. The van der Waals surface area contributed by atoms with Gasteiger partial charge in [0.25, 0.3) is 5.91 Å². The van der Waals surface area contributed by atoms with Crippen molar-refractivity contribution in [1.29, 1.82) is 0 Å². The number of thiazole rings is 1. The molecule has 1 aliphatic carbocycles. The van der Waals surface area contributed by atoms with Crippen LogP contribution in [0.2, 0.25) is 0 Å². The lowest BCUT2D eigenvalue weighted by Crippen LogP contribution is -2.29. The number of aliphatic carboxylic acids is 1. The number of carbonyl (C=O) groups excluding carboxylic acids is 1. The van der Waals surface area contributed by atoms with Gasteiger partial charge in [-0.2, -0.15) is 0 Å². The van der Waals surface area contributed by atoms with Crippen molar-refractivity contribution in [1.82, 2.24) is 15.3 Å². The zero-order chi connectivity index (χ0) is 22.3. The van der Waals surface area contributed by atoms with Gasteiger partial charge in [-0.05, 0) is 35.9 Å². The van der Waals surface area contributed by atoms with Gasteiger partial charge in [0.15, 0.2) is 0 Å². The van der Waals surface area contributed by atoms with Crippen molar-refractivity contribution < 1.29 is 19.1 Å². The molecule has 0 fully saturated rings. The number of carboxylic acids is 1. The number of amides is 1. The van der Waals surface area contributed by atoms with E-state index >= 15 is 0 Å². The molecule has 8 heteroatoms. The Kier molecular flexibility index (Phi) is 4.79. The van der Waals surface area contributed by atoms with Crippen LogP contribution in [0.4, 0.5) is 4.39 Å². The summed E-state index contributed by atoms with van der Waals surface area (Å²) in [5.74, 6) is -2.44. The minimum absolute atomic E-state index is 0.0404. The summed E-state index contributed by atoms with van der Waals surface area (Å²) in [5, 5.41) is 11.3. The number of hydrogen-bond acceptors (Lipinski definition) is 5. The highest BCUT2D eigenvalue weighted by atomic mass is 32.1. The number of benzene rings is 2. The van der Waals surface area contributed by atoms with Crippen molar-refractivity contribution in [2.24, 2.45) is 0 Å². The molecule has 0 bridgehead atoms. The summed E-state index contributed by atoms with van der Waals surface area (Å²) in [6.45, 7) is -0.534. The Labute approximate surface area is 186 Å². The SMILES string of the molecule is O=C(O)CNC(=O)c1ccc(-c2nc3ccc(C4(c5ccccc5)C=C4)nc3s2)c(F)c1. The van der Waals surface area contributed by atoms with Crippen molar-refractivity contribution in [3.05, 3.63) is 95.5 Å². The predicted octanol–water partition coefficient (Wildman–Crippen LogP) is 4.17. The van der Waals surface area contributed by atoms with Gasteiger partial charge in [-0.25, -0.2) is 14.4 Å². The molecule has 2 N–H and O–H groups in total. The Bertz CT molecular complexity index is 1390. The molecule has 2 heterocycles. The van der Waals surface area contributed by atoms with Crippen LogP contribution in [0.5, 0.6) is 0 Å². The van der Waals surface area contributed by atoms with E-state index < -0.39 is 24.2 Å². The Hall–Kier alpha value is -3.91. The number of rotatable bonds is 6. The Morgan fingerprint density at radius 2 is 1.81 bits per heavy atom. The largest absolute Gasteiger partial charge is 0.480 e. The highest BCUT2D eigenvalue weighted by Crippen LogP contribution is 2.45. The van der Waals surface area contributed by atoms with Crippen LogP contribution in [0.3, 0.4) is 0 Å². The number of nitrogens with zero attached hydrogens (tertiary/aromatic N) is 2. The van der Waals surface area contributed by atoms with Crippen LogP contribution < -0.4 is 5.32 Å². The van der Waals surface area contributed by atoms with Gasteiger partial charge in [0.1, 0.15) is 27.7 Å². The Balaban J connectivity index is 1.45. The van der Waals surface area contributed by atoms with Crippen LogP contribution in [-0.4, -0.2) is 33.5 Å². The number of carboxylic acid groups (broad SMARTS) is 1. The van der Waals surface area contributed by atoms with E-state index in [4.69, 9.17) is 10.1 Å². The first kappa shape index (κ1) is 20.0. The molecule has 0 saturated heterocycles. The summed E-state index contributed by atoms with van der Waals surface area (Å²) < 4.78 is 14.8. The molecule has 1 amide bonds. The Morgan fingerprint density at radius 1 is 1.03 bits per heavy atom. The highest BCUT2D eigenvalue weighted by Gasteiger charge is 2.39. The molecular weight excluding hydrogens is 429 g/mol. The second-order valence-electron chi connectivity index (χ2n) is 7.38. The van der Waals surface area contributed by atoms with Gasteiger partial charge in [0.05, 0.1) is 11.1 Å². The summed E-state index contributed by atoms with van der Waals surface area (Å²) in [6, 6.07) is 17.9. The fourth-order valence-electron chi connectivity index (χ4n) is 3.56. The standard InChI is InChI=1S/C24H16FN3O3S/c25-17-12-14(21(31)26-13-20(29)30)6-7-16(17)22-27-18-8-9-19(28-23(18)32-22)24(10-11-24)15-4-2-1-3-5-15/h1-12H,13H2,(H,26,31)(H,29,30). The fourth-order valence-corrected chi connectivity index (χ4v) is 4.52. The molecule has 1 aliphatic rings. The van der Waals surface area contributed by atoms with Crippen LogP contribution in [0.15, 0.2) is 72.8 Å². The van der Waals surface area contributed by atoms with E-state index in [1.165, 1.54) is 23.5 Å². The second-order valence-corrected chi connectivity index (χ2v) is 8.36. The van der Waals surface area contributed by atoms with Crippen molar-refractivity contribution in [3.8, 4) is 10.6 Å². The van der Waals surface area contributed by atoms with Gasteiger partial charge in [-0.15, -0.1) is 0 Å². The Morgan fingerprint density at radius 3 is 2.50 bits per heavy atom. The molecule has 2 aromatic carbocycles. The maximum absolute atomic E-state index is 14.8. The molecular formula is C24H16FN3O3S. The second kappa shape index (κ2) is 7.65. The minimum Gasteiger partial charge on any atom is -0.480 e. The van der Waals surface area contributed by atoms with E-state index in [1.807, 2.05) is 30.3 Å². The molecule has 2 aromatic heterocycles. The zero-order valence-corrected chi connectivity index (χ0v) is 17.4.